The Morgan fingerprint density at radius 1 is 1.22 bits per heavy atom. The smallest absolute Gasteiger partial charge is 0.0991 e. The van der Waals surface area contributed by atoms with E-state index in [-0.39, 0.29) is 6.61 Å². The number of aliphatic hydroxyl groups is 1. The molecule has 0 spiro atoms. The third kappa shape index (κ3) is 2.77. The highest BCUT2D eigenvalue weighted by Gasteiger charge is 2.02. The van der Waals surface area contributed by atoms with E-state index in [9.17, 15) is 0 Å². The maximum atomic E-state index is 8.77. The van der Waals surface area contributed by atoms with Gasteiger partial charge in [-0.1, -0.05) is 0 Å². The van der Waals surface area contributed by atoms with Gasteiger partial charge in [-0.3, -0.25) is 0 Å². The predicted octanol–water partition coefficient (Wildman–Crippen LogP) is 1.43. The van der Waals surface area contributed by atoms with E-state index in [1.54, 1.807) is 12.1 Å². The number of rotatable bonds is 5. The molecule has 0 saturated heterocycles. The molecule has 4 heteroatoms. The van der Waals surface area contributed by atoms with Crippen molar-refractivity contribution in [1.29, 1.82) is 5.26 Å². The van der Waals surface area contributed by atoms with Crippen LogP contribution in [-0.2, 0) is 6.54 Å². The molecule has 0 atom stereocenters. The van der Waals surface area contributed by atoms with Crippen molar-refractivity contribution < 1.29 is 5.11 Å². The maximum Gasteiger partial charge on any atom is 0.0991 e. The van der Waals surface area contributed by atoms with Gasteiger partial charge in [0.15, 0.2) is 0 Å². The van der Waals surface area contributed by atoms with Gasteiger partial charge < -0.3 is 15.0 Å². The molecule has 2 N–H and O–H groups in total. The molecule has 1 aromatic carbocycles. The maximum absolute atomic E-state index is 8.77. The first-order valence-corrected chi connectivity index (χ1v) is 5.83. The van der Waals surface area contributed by atoms with Crippen molar-refractivity contribution in [2.45, 2.75) is 6.54 Å². The van der Waals surface area contributed by atoms with Crippen molar-refractivity contribution in [1.82, 2.24) is 9.88 Å². The lowest BCUT2D eigenvalue weighted by Crippen LogP contribution is -2.19. The Hall–Kier alpha value is -2.09. The van der Waals surface area contributed by atoms with Crippen LogP contribution in [0.3, 0.4) is 0 Å². The number of aliphatic hydroxyl groups excluding tert-OH is 1. The molecule has 2 rings (SSSR count). The summed E-state index contributed by atoms with van der Waals surface area (Å²) in [6.45, 7) is 1.42. The van der Waals surface area contributed by atoms with Crippen molar-refractivity contribution in [3.05, 3.63) is 53.9 Å². The van der Waals surface area contributed by atoms with Crippen molar-refractivity contribution in [2.75, 3.05) is 13.2 Å². The molecule has 0 amide bonds. The highest BCUT2D eigenvalue weighted by Crippen LogP contribution is 2.13. The largest absolute Gasteiger partial charge is 0.395 e. The Kier molecular flexibility index (Phi) is 4.13. The number of nitrogens with one attached hydrogen (secondary N) is 1. The summed E-state index contributed by atoms with van der Waals surface area (Å²) in [6.07, 6.45) is 1.98. The van der Waals surface area contributed by atoms with Crippen LogP contribution < -0.4 is 5.32 Å². The van der Waals surface area contributed by atoms with Gasteiger partial charge in [0.1, 0.15) is 0 Å². The van der Waals surface area contributed by atoms with E-state index < -0.39 is 0 Å². The standard InChI is InChI=1S/C14H15N3O/c15-10-12-3-5-13(6-4-12)17-8-1-2-14(17)11-16-7-9-18/h1-6,8,16,18H,7,9,11H2. The zero-order valence-corrected chi connectivity index (χ0v) is 10.0. The van der Waals surface area contributed by atoms with Crippen LogP contribution >= 0.6 is 0 Å². The predicted molar refractivity (Wildman–Crippen MR) is 69.3 cm³/mol. The number of hydrogen-bond acceptors (Lipinski definition) is 3. The number of benzene rings is 1. The van der Waals surface area contributed by atoms with E-state index in [2.05, 4.69) is 16.0 Å². The SMILES string of the molecule is N#Cc1ccc(-n2cccc2CNCCO)cc1. The molecule has 0 bridgehead atoms. The van der Waals surface area contributed by atoms with Gasteiger partial charge >= 0.3 is 0 Å². The quantitative estimate of drug-likeness (QED) is 0.778. The molecule has 0 fully saturated rings. The molecule has 0 radical (unpaired) electrons. The van der Waals surface area contributed by atoms with Gasteiger partial charge in [0, 0.05) is 30.7 Å². The highest BCUT2D eigenvalue weighted by atomic mass is 16.3. The third-order valence-electron chi connectivity index (χ3n) is 2.70. The van der Waals surface area contributed by atoms with Gasteiger partial charge in [-0.25, -0.2) is 0 Å². The van der Waals surface area contributed by atoms with Crippen LogP contribution in [0.25, 0.3) is 5.69 Å². The van der Waals surface area contributed by atoms with Gasteiger partial charge in [0.05, 0.1) is 18.2 Å². The van der Waals surface area contributed by atoms with E-state index in [0.717, 1.165) is 11.4 Å². The molecular formula is C14H15N3O. The van der Waals surface area contributed by atoms with E-state index >= 15 is 0 Å². The fourth-order valence-electron chi connectivity index (χ4n) is 1.80. The molecule has 18 heavy (non-hydrogen) atoms. The first-order chi connectivity index (χ1) is 8.85. The van der Waals surface area contributed by atoms with Gasteiger partial charge in [0.2, 0.25) is 0 Å². The number of nitriles is 1. The molecule has 0 unspecified atom stereocenters. The molecular weight excluding hydrogens is 226 g/mol. The highest BCUT2D eigenvalue weighted by molar-refractivity contribution is 5.40. The summed E-state index contributed by atoms with van der Waals surface area (Å²) in [5, 5.41) is 20.7. The molecule has 0 aliphatic heterocycles. The Labute approximate surface area is 106 Å². The van der Waals surface area contributed by atoms with Gasteiger partial charge in [-0.15, -0.1) is 0 Å². The van der Waals surface area contributed by atoms with E-state index in [0.29, 0.717) is 18.7 Å². The minimum absolute atomic E-state index is 0.136. The summed E-state index contributed by atoms with van der Waals surface area (Å²) in [5.41, 5.74) is 2.80. The summed E-state index contributed by atoms with van der Waals surface area (Å²) in [6, 6.07) is 13.6. The van der Waals surface area contributed by atoms with Gasteiger partial charge in [-0.2, -0.15) is 5.26 Å². The van der Waals surface area contributed by atoms with Crippen LogP contribution in [0, 0.1) is 11.3 Å². The molecule has 92 valence electrons. The monoisotopic (exact) mass is 241 g/mol. The van der Waals surface area contributed by atoms with Crippen LogP contribution in [0.5, 0.6) is 0 Å². The Bertz CT molecular complexity index is 537. The third-order valence-corrected chi connectivity index (χ3v) is 2.70. The van der Waals surface area contributed by atoms with E-state index in [4.69, 9.17) is 10.4 Å². The molecule has 0 aliphatic rings. The van der Waals surface area contributed by atoms with Crippen LogP contribution in [0.4, 0.5) is 0 Å². The molecule has 2 aromatic rings. The van der Waals surface area contributed by atoms with E-state index in [1.165, 1.54) is 0 Å². The average molecular weight is 241 g/mol. The van der Waals surface area contributed by atoms with Crippen molar-refractivity contribution in [3.63, 3.8) is 0 Å². The van der Waals surface area contributed by atoms with Crippen LogP contribution in [0.15, 0.2) is 42.6 Å². The molecule has 0 aliphatic carbocycles. The minimum atomic E-state index is 0.136. The number of hydrogen-bond donors (Lipinski definition) is 2. The minimum Gasteiger partial charge on any atom is -0.395 e. The summed E-state index contributed by atoms with van der Waals surface area (Å²) >= 11 is 0. The summed E-state index contributed by atoms with van der Waals surface area (Å²) in [4.78, 5) is 0. The molecule has 1 heterocycles. The number of nitrogens with zero attached hydrogens (tertiary/aromatic N) is 2. The first-order valence-electron chi connectivity index (χ1n) is 5.83. The summed E-state index contributed by atoms with van der Waals surface area (Å²) < 4.78 is 2.06. The van der Waals surface area contributed by atoms with Crippen molar-refractivity contribution >= 4 is 0 Å². The number of aromatic nitrogens is 1. The van der Waals surface area contributed by atoms with Crippen LogP contribution in [0.2, 0.25) is 0 Å². The van der Waals surface area contributed by atoms with Gasteiger partial charge in [0.25, 0.3) is 0 Å². The topological polar surface area (TPSA) is 61.0 Å². The molecule has 1 aromatic heterocycles. The second-order valence-electron chi connectivity index (χ2n) is 3.93. The fourth-order valence-corrected chi connectivity index (χ4v) is 1.80. The van der Waals surface area contributed by atoms with Crippen LogP contribution in [-0.4, -0.2) is 22.8 Å². The summed E-state index contributed by atoms with van der Waals surface area (Å²) in [5.74, 6) is 0. The lowest BCUT2D eigenvalue weighted by Gasteiger charge is -2.10. The molecule has 4 nitrogen and oxygen atoms in total. The van der Waals surface area contributed by atoms with Crippen molar-refractivity contribution in [3.8, 4) is 11.8 Å². The van der Waals surface area contributed by atoms with Crippen LogP contribution in [0.1, 0.15) is 11.3 Å². The fraction of sp³-hybridized carbons (Fsp3) is 0.214. The Morgan fingerprint density at radius 3 is 2.67 bits per heavy atom. The normalized spacial score (nSPS) is 10.2. The second kappa shape index (κ2) is 6.01. The van der Waals surface area contributed by atoms with E-state index in [1.807, 2.05) is 30.5 Å². The lowest BCUT2D eigenvalue weighted by molar-refractivity contribution is 0.291. The zero-order valence-electron chi connectivity index (χ0n) is 10.0. The zero-order chi connectivity index (χ0) is 12.8. The summed E-state index contributed by atoms with van der Waals surface area (Å²) in [7, 11) is 0. The average Bonchev–Trinajstić information content (AvgIpc) is 2.88. The first kappa shape index (κ1) is 12.4. The Morgan fingerprint density at radius 2 is 2.00 bits per heavy atom. The lowest BCUT2D eigenvalue weighted by atomic mass is 10.2. The second-order valence-corrected chi connectivity index (χ2v) is 3.93. The van der Waals surface area contributed by atoms with Crippen molar-refractivity contribution in [2.24, 2.45) is 0 Å². The Balaban J connectivity index is 2.17. The molecule has 0 saturated carbocycles. The van der Waals surface area contributed by atoms with Gasteiger partial charge in [-0.05, 0) is 36.4 Å².